The summed E-state index contributed by atoms with van der Waals surface area (Å²) < 4.78 is 26.9. The van der Waals surface area contributed by atoms with Crippen LogP contribution in [0.2, 0.25) is 10.0 Å². The second-order valence-electron chi connectivity index (χ2n) is 9.87. The number of rotatable bonds is 11. The number of nitrogens with zero attached hydrogens (tertiary/aromatic N) is 2. The van der Waals surface area contributed by atoms with Crippen molar-refractivity contribution in [3.05, 3.63) is 99.5 Å². The van der Waals surface area contributed by atoms with E-state index in [1.165, 1.54) is 23.1 Å². The highest BCUT2D eigenvalue weighted by Gasteiger charge is 2.41. The molecule has 3 aromatic carbocycles. The average molecular weight is 617 g/mol. The molecule has 216 valence electrons. The third-order valence-electron chi connectivity index (χ3n) is 7.10. The predicted octanol–water partition coefficient (Wildman–Crippen LogP) is 5.08. The van der Waals surface area contributed by atoms with Crippen molar-refractivity contribution in [1.29, 1.82) is 0 Å². The van der Waals surface area contributed by atoms with E-state index in [4.69, 9.17) is 23.2 Å². The number of nitrogens with one attached hydrogen (secondary N) is 1. The van der Waals surface area contributed by atoms with E-state index in [9.17, 15) is 22.8 Å². The zero-order chi connectivity index (χ0) is 29.7. The van der Waals surface area contributed by atoms with Gasteiger partial charge in [-0.1, -0.05) is 78.7 Å². The quantitative estimate of drug-likeness (QED) is 0.324. The van der Waals surface area contributed by atoms with Crippen LogP contribution in [0, 0.1) is 0 Å². The monoisotopic (exact) mass is 615 g/mol. The number of sulfonamides is 1. The third-order valence-corrected chi connectivity index (χ3v) is 9.65. The highest BCUT2D eigenvalue weighted by Crippen LogP contribution is 2.31. The lowest BCUT2D eigenvalue weighted by atomic mass is 10.0. The lowest BCUT2D eigenvalue weighted by molar-refractivity contribution is -0.141. The first-order valence-electron chi connectivity index (χ1n) is 13.3. The van der Waals surface area contributed by atoms with Crippen molar-refractivity contribution < 1.29 is 22.8 Å². The molecule has 1 N–H and O–H groups in total. The Hall–Kier alpha value is -3.40. The Balaban J connectivity index is 1.68. The fourth-order valence-corrected chi connectivity index (χ4v) is 6.73. The van der Waals surface area contributed by atoms with E-state index in [2.05, 4.69) is 5.32 Å². The predicted molar refractivity (Wildman–Crippen MR) is 158 cm³/mol. The van der Waals surface area contributed by atoms with Crippen molar-refractivity contribution in [2.75, 3.05) is 6.54 Å². The van der Waals surface area contributed by atoms with Crippen molar-refractivity contribution in [3.63, 3.8) is 0 Å². The molecule has 2 atom stereocenters. The molecule has 4 rings (SSSR count). The minimum Gasteiger partial charge on any atom is -0.352 e. The summed E-state index contributed by atoms with van der Waals surface area (Å²) >= 11 is 12.9. The van der Waals surface area contributed by atoms with Crippen LogP contribution >= 0.6 is 23.2 Å². The summed E-state index contributed by atoms with van der Waals surface area (Å²) in [5, 5.41) is 3.62. The first-order valence-corrected chi connectivity index (χ1v) is 15.5. The van der Waals surface area contributed by atoms with Crippen molar-refractivity contribution >= 4 is 50.9 Å². The lowest BCUT2D eigenvalue weighted by Gasteiger charge is -2.33. The molecule has 0 unspecified atom stereocenters. The summed E-state index contributed by atoms with van der Waals surface area (Å²) in [7, 11) is -4.10. The van der Waals surface area contributed by atoms with Gasteiger partial charge in [0.25, 0.3) is 15.9 Å². The summed E-state index contributed by atoms with van der Waals surface area (Å²) in [4.78, 5) is 41.8. The van der Waals surface area contributed by atoms with Gasteiger partial charge in [-0.2, -0.15) is 0 Å². The number of hydrogen-bond acceptors (Lipinski definition) is 5. The number of halogens is 2. The van der Waals surface area contributed by atoms with Crippen molar-refractivity contribution in [2.45, 2.75) is 56.6 Å². The molecule has 1 heterocycles. The van der Waals surface area contributed by atoms with Gasteiger partial charge in [-0.3, -0.25) is 14.4 Å². The number of carbonyl (C=O) groups excluding carboxylic acids is 3. The Morgan fingerprint density at radius 3 is 2.22 bits per heavy atom. The molecule has 0 radical (unpaired) electrons. The standard InChI is InChI=1S/C30H31Cl2N3O5S/c1-3-20(2)33-29(37)26(18-21-10-5-4-6-11-21)34(19-23-24(31)13-9-14-25(23)32)28(36)16-17-35-30(38)22-12-7-8-15-27(22)41(35,39)40/h4-15,20,26H,3,16-19H2,1-2H3,(H,33,37)/t20-,26-/m0/s1. The van der Waals surface area contributed by atoms with Crippen LogP contribution in [0.4, 0.5) is 0 Å². The summed E-state index contributed by atoms with van der Waals surface area (Å²) in [5.41, 5.74) is 1.35. The van der Waals surface area contributed by atoms with E-state index in [1.54, 1.807) is 24.3 Å². The molecule has 41 heavy (non-hydrogen) atoms. The average Bonchev–Trinajstić information content (AvgIpc) is 3.15. The van der Waals surface area contributed by atoms with Gasteiger partial charge in [0.15, 0.2) is 0 Å². The topological polar surface area (TPSA) is 104 Å². The van der Waals surface area contributed by atoms with Gasteiger partial charge < -0.3 is 10.2 Å². The molecule has 0 spiro atoms. The molecule has 3 aromatic rings. The molecule has 0 saturated carbocycles. The van der Waals surface area contributed by atoms with Crippen LogP contribution in [0.25, 0.3) is 0 Å². The Morgan fingerprint density at radius 1 is 0.951 bits per heavy atom. The van der Waals surface area contributed by atoms with E-state index in [1.807, 2.05) is 44.2 Å². The van der Waals surface area contributed by atoms with Crippen molar-refractivity contribution in [2.24, 2.45) is 0 Å². The molecule has 3 amide bonds. The first kappa shape index (κ1) is 30.6. The zero-order valence-corrected chi connectivity index (χ0v) is 25.0. The Labute approximate surface area is 250 Å². The second-order valence-corrected chi connectivity index (χ2v) is 12.5. The van der Waals surface area contributed by atoms with Gasteiger partial charge >= 0.3 is 0 Å². The fourth-order valence-electron chi connectivity index (χ4n) is 4.64. The molecule has 0 aliphatic carbocycles. The van der Waals surface area contributed by atoms with E-state index in [0.717, 1.165) is 5.56 Å². The molecule has 0 bridgehead atoms. The van der Waals surface area contributed by atoms with E-state index in [0.29, 0.717) is 26.3 Å². The smallest absolute Gasteiger partial charge is 0.269 e. The zero-order valence-electron chi connectivity index (χ0n) is 22.7. The molecule has 11 heteroatoms. The Morgan fingerprint density at radius 2 is 1.59 bits per heavy atom. The van der Waals surface area contributed by atoms with Crippen LogP contribution in [0.15, 0.2) is 77.7 Å². The molecular weight excluding hydrogens is 585 g/mol. The number of fused-ring (bicyclic) bond motifs is 1. The normalized spacial score (nSPS) is 15.2. The van der Waals surface area contributed by atoms with Crippen LogP contribution < -0.4 is 5.32 Å². The van der Waals surface area contributed by atoms with Gasteiger partial charge in [0.05, 0.1) is 5.56 Å². The maximum absolute atomic E-state index is 13.9. The molecule has 0 fully saturated rings. The van der Waals surface area contributed by atoms with Gasteiger partial charge in [-0.05, 0) is 43.2 Å². The fraction of sp³-hybridized carbons (Fsp3) is 0.300. The van der Waals surface area contributed by atoms with E-state index >= 15 is 0 Å². The maximum atomic E-state index is 13.9. The van der Waals surface area contributed by atoms with Crippen LogP contribution in [-0.4, -0.2) is 54.0 Å². The van der Waals surface area contributed by atoms with Crippen LogP contribution in [0.5, 0.6) is 0 Å². The SMILES string of the molecule is CC[C@H](C)NC(=O)[C@H](Cc1ccccc1)N(Cc1c(Cl)cccc1Cl)C(=O)CCN1C(=O)c2ccccc2S1(=O)=O. The number of carbonyl (C=O) groups is 3. The van der Waals surface area contributed by atoms with E-state index < -0.39 is 27.9 Å². The first-order chi connectivity index (χ1) is 19.5. The number of amides is 3. The highest BCUT2D eigenvalue weighted by molar-refractivity contribution is 7.90. The van der Waals surface area contributed by atoms with Crippen LogP contribution in [0.1, 0.15) is 48.2 Å². The number of hydrogen-bond donors (Lipinski definition) is 1. The van der Waals surface area contributed by atoms with Crippen LogP contribution in [-0.2, 0) is 32.6 Å². The van der Waals surface area contributed by atoms with Gasteiger partial charge in [0, 0.05) is 47.6 Å². The van der Waals surface area contributed by atoms with Gasteiger partial charge in [-0.25, -0.2) is 12.7 Å². The van der Waals surface area contributed by atoms with Gasteiger partial charge in [-0.15, -0.1) is 0 Å². The Kier molecular flexibility index (Phi) is 9.73. The molecule has 0 aromatic heterocycles. The highest BCUT2D eigenvalue weighted by atomic mass is 35.5. The molecule has 1 aliphatic rings. The second kappa shape index (κ2) is 13.1. The molecular formula is C30H31Cl2N3O5S. The number of benzene rings is 3. The summed E-state index contributed by atoms with van der Waals surface area (Å²) in [5.74, 6) is -1.58. The van der Waals surface area contributed by atoms with Crippen molar-refractivity contribution in [1.82, 2.24) is 14.5 Å². The minimum atomic E-state index is -4.10. The van der Waals surface area contributed by atoms with Crippen LogP contribution in [0.3, 0.4) is 0 Å². The van der Waals surface area contributed by atoms with Gasteiger partial charge in [0.1, 0.15) is 10.9 Å². The molecule has 0 saturated heterocycles. The largest absolute Gasteiger partial charge is 0.352 e. The Bertz CT molecular complexity index is 1530. The summed E-state index contributed by atoms with van der Waals surface area (Å²) in [6.07, 6.45) is 0.538. The van der Waals surface area contributed by atoms with E-state index in [-0.39, 0.29) is 48.3 Å². The lowest BCUT2D eigenvalue weighted by Crippen LogP contribution is -2.52. The maximum Gasteiger partial charge on any atom is 0.269 e. The molecule has 8 nitrogen and oxygen atoms in total. The summed E-state index contributed by atoms with van der Waals surface area (Å²) in [6, 6.07) is 19.1. The van der Waals surface area contributed by atoms with Crippen molar-refractivity contribution in [3.8, 4) is 0 Å². The molecule has 1 aliphatic heterocycles. The summed E-state index contributed by atoms with van der Waals surface area (Å²) in [6.45, 7) is 3.33. The minimum absolute atomic E-state index is 0.0644. The van der Waals surface area contributed by atoms with Gasteiger partial charge in [0.2, 0.25) is 11.8 Å². The third kappa shape index (κ3) is 6.74.